The number of rotatable bonds is 6. The lowest BCUT2D eigenvalue weighted by molar-refractivity contribution is 0.0912. The third kappa shape index (κ3) is 6.58. The van der Waals surface area contributed by atoms with Crippen molar-refractivity contribution < 1.29 is 13.9 Å². The second-order valence-corrected chi connectivity index (χ2v) is 8.41. The number of nitrogens with one attached hydrogen (secondary N) is 1. The van der Waals surface area contributed by atoms with Crippen molar-refractivity contribution in [2.75, 3.05) is 53.5 Å². The van der Waals surface area contributed by atoms with Crippen LogP contribution in [0.15, 0.2) is 53.5 Å². The number of hydrogen-bond acceptors (Lipinski definition) is 4. The highest BCUT2D eigenvalue weighted by atomic mass is 127. The van der Waals surface area contributed by atoms with Crippen molar-refractivity contribution in [2.45, 2.75) is 19.1 Å². The summed E-state index contributed by atoms with van der Waals surface area (Å²) < 4.78 is 25.0. The first-order chi connectivity index (χ1) is 15.7. The summed E-state index contributed by atoms with van der Waals surface area (Å²) in [4.78, 5) is 9.17. The molecule has 33 heavy (non-hydrogen) atoms. The fourth-order valence-corrected chi connectivity index (χ4v) is 4.59. The molecule has 6 nitrogen and oxygen atoms in total. The predicted octanol–water partition coefficient (Wildman–Crippen LogP) is 3.92. The Morgan fingerprint density at radius 3 is 2.58 bits per heavy atom. The molecule has 0 saturated carbocycles. The Morgan fingerprint density at radius 2 is 1.91 bits per heavy atom. The molecule has 2 aromatic rings. The van der Waals surface area contributed by atoms with Gasteiger partial charge in [0.1, 0.15) is 0 Å². The third-order valence-electron chi connectivity index (χ3n) is 6.37. The van der Waals surface area contributed by atoms with Gasteiger partial charge in [-0.25, -0.2) is 4.39 Å². The predicted molar refractivity (Wildman–Crippen MR) is 140 cm³/mol. The van der Waals surface area contributed by atoms with Gasteiger partial charge < -0.3 is 19.7 Å². The Bertz CT molecular complexity index is 907. The van der Waals surface area contributed by atoms with Crippen molar-refractivity contribution in [3.8, 4) is 5.75 Å². The highest BCUT2D eigenvalue weighted by Crippen LogP contribution is 2.33. The van der Waals surface area contributed by atoms with Crippen molar-refractivity contribution in [3.05, 3.63) is 65.5 Å². The van der Waals surface area contributed by atoms with E-state index in [4.69, 9.17) is 9.47 Å². The van der Waals surface area contributed by atoms with Crippen molar-refractivity contribution >= 4 is 29.9 Å². The molecule has 2 saturated heterocycles. The summed E-state index contributed by atoms with van der Waals surface area (Å²) in [7, 11) is 3.33. The van der Waals surface area contributed by atoms with Crippen LogP contribution >= 0.6 is 24.0 Å². The fourth-order valence-electron chi connectivity index (χ4n) is 4.59. The quantitative estimate of drug-likeness (QED) is 0.326. The number of methoxy groups -OCH3 is 1. The van der Waals surface area contributed by atoms with Crippen LogP contribution in [-0.2, 0) is 11.3 Å². The van der Waals surface area contributed by atoms with Crippen LogP contribution in [0.3, 0.4) is 0 Å². The molecule has 1 N–H and O–H groups in total. The first kappa shape index (κ1) is 25.7. The van der Waals surface area contributed by atoms with Gasteiger partial charge in [0, 0.05) is 58.8 Å². The maximum atomic E-state index is 14.0. The monoisotopic (exact) mass is 568 g/mol. The average molecular weight is 568 g/mol. The number of aliphatic imine (C=N–C) groups is 1. The average Bonchev–Trinajstić information content (AvgIpc) is 3.30. The van der Waals surface area contributed by atoms with E-state index in [1.54, 1.807) is 12.1 Å². The molecule has 0 aromatic heterocycles. The Kier molecular flexibility index (Phi) is 9.76. The van der Waals surface area contributed by atoms with E-state index in [1.165, 1.54) is 12.7 Å². The lowest BCUT2D eigenvalue weighted by Crippen LogP contribution is -2.52. The van der Waals surface area contributed by atoms with E-state index >= 15 is 0 Å². The van der Waals surface area contributed by atoms with Gasteiger partial charge in [0.05, 0.1) is 13.2 Å². The topological polar surface area (TPSA) is 49.3 Å². The second kappa shape index (κ2) is 12.5. The molecule has 8 heteroatoms. The van der Waals surface area contributed by atoms with Gasteiger partial charge >= 0.3 is 0 Å². The van der Waals surface area contributed by atoms with E-state index in [-0.39, 0.29) is 41.6 Å². The summed E-state index contributed by atoms with van der Waals surface area (Å²) in [5.74, 6) is 1.35. The van der Waals surface area contributed by atoms with Crippen molar-refractivity contribution in [2.24, 2.45) is 10.9 Å². The lowest BCUT2D eigenvalue weighted by atomic mass is 9.95. The summed E-state index contributed by atoms with van der Waals surface area (Å²) >= 11 is 0. The summed E-state index contributed by atoms with van der Waals surface area (Å²) in [6, 6.07) is 15.7. The second-order valence-electron chi connectivity index (χ2n) is 8.41. The first-order valence-electron chi connectivity index (χ1n) is 11.3. The molecule has 2 aliphatic rings. The van der Waals surface area contributed by atoms with Gasteiger partial charge in [-0.2, -0.15) is 0 Å². The normalized spacial score (nSPS) is 21.5. The van der Waals surface area contributed by atoms with Crippen molar-refractivity contribution in [3.63, 3.8) is 0 Å². The summed E-state index contributed by atoms with van der Waals surface area (Å²) in [6.45, 7) is 5.98. The molecule has 2 heterocycles. The minimum absolute atomic E-state index is 0. The zero-order chi connectivity index (χ0) is 22.3. The highest BCUT2D eigenvalue weighted by molar-refractivity contribution is 14.0. The van der Waals surface area contributed by atoms with E-state index in [2.05, 4.69) is 44.4 Å². The molecule has 0 amide bonds. The third-order valence-corrected chi connectivity index (χ3v) is 6.37. The Labute approximate surface area is 213 Å². The van der Waals surface area contributed by atoms with Gasteiger partial charge in [-0.3, -0.25) is 9.89 Å². The smallest absolute Gasteiger partial charge is 0.193 e. The SMILES string of the molecule is CN=C(NCC1CCOC1c1ccccc1)N1CCN(Cc2ccc(OC)c(F)c2)CC1.I. The molecular formula is C25H34FIN4O2. The molecule has 4 rings (SSSR count). The molecule has 2 fully saturated rings. The van der Waals surface area contributed by atoms with E-state index in [9.17, 15) is 4.39 Å². The largest absolute Gasteiger partial charge is 0.494 e. The minimum Gasteiger partial charge on any atom is -0.494 e. The number of benzene rings is 2. The van der Waals surface area contributed by atoms with Crippen molar-refractivity contribution in [1.29, 1.82) is 0 Å². The van der Waals surface area contributed by atoms with Gasteiger partial charge in [-0.05, 0) is 29.7 Å². The minimum atomic E-state index is -0.307. The molecule has 2 unspecified atom stereocenters. The fraction of sp³-hybridized carbons (Fsp3) is 0.480. The number of halogens is 2. The van der Waals surface area contributed by atoms with Gasteiger partial charge in [0.15, 0.2) is 17.5 Å². The molecule has 2 aliphatic heterocycles. The van der Waals surface area contributed by atoms with Crippen LogP contribution in [0.4, 0.5) is 4.39 Å². The summed E-state index contributed by atoms with van der Waals surface area (Å²) in [6.07, 6.45) is 1.19. The Hall–Kier alpha value is -1.91. The van der Waals surface area contributed by atoms with E-state index < -0.39 is 0 Å². The van der Waals surface area contributed by atoms with Gasteiger partial charge in [0.25, 0.3) is 0 Å². The van der Waals surface area contributed by atoms with Crippen LogP contribution in [0.5, 0.6) is 5.75 Å². The molecule has 2 aromatic carbocycles. The molecule has 2 atom stereocenters. The number of nitrogens with zero attached hydrogens (tertiary/aromatic N) is 3. The van der Waals surface area contributed by atoms with E-state index in [1.807, 2.05) is 19.2 Å². The standard InChI is InChI=1S/C25H33FN4O2.HI/c1-27-25(28-17-21-10-15-32-24(21)20-6-4-3-5-7-20)30-13-11-29(12-14-30)18-19-8-9-23(31-2)22(26)16-19;/h3-9,16,21,24H,10-15,17-18H2,1-2H3,(H,27,28);1H. The van der Waals surface area contributed by atoms with Gasteiger partial charge in [0.2, 0.25) is 0 Å². The zero-order valence-corrected chi connectivity index (χ0v) is 21.7. The van der Waals surface area contributed by atoms with Gasteiger partial charge in [-0.1, -0.05) is 36.4 Å². The first-order valence-corrected chi connectivity index (χ1v) is 11.3. The van der Waals surface area contributed by atoms with E-state index in [0.29, 0.717) is 5.92 Å². The van der Waals surface area contributed by atoms with Crippen LogP contribution in [0, 0.1) is 11.7 Å². The lowest BCUT2D eigenvalue weighted by Gasteiger charge is -2.37. The summed E-state index contributed by atoms with van der Waals surface area (Å²) in [5.41, 5.74) is 2.21. The summed E-state index contributed by atoms with van der Waals surface area (Å²) in [5, 5.41) is 3.58. The zero-order valence-electron chi connectivity index (χ0n) is 19.4. The van der Waals surface area contributed by atoms with Crippen LogP contribution in [0.2, 0.25) is 0 Å². The molecular weight excluding hydrogens is 534 g/mol. The molecule has 180 valence electrons. The maximum absolute atomic E-state index is 14.0. The van der Waals surface area contributed by atoms with Crippen LogP contribution < -0.4 is 10.1 Å². The maximum Gasteiger partial charge on any atom is 0.193 e. The van der Waals surface area contributed by atoms with Crippen LogP contribution in [-0.4, -0.2) is 69.2 Å². The van der Waals surface area contributed by atoms with Crippen molar-refractivity contribution in [1.82, 2.24) is 15.1 Å². The number of piperazine rings is 1. The molecule has 0 spiro atoms. The number of hydrogen-bond donors (Lipinski definition) is 1. The Balaban J connectivity index is 0.00000306. The highest BCUT2D eigenvalue weighted by Gasteiger charge is 2.30. The van der Waals surface area contributed by atoms with E-state index in [0.717, 1.165) is 63.8 Å². The van der Waals surface area contributed by atoms with Crippen LogP contribution in [0.25, 0.3) is 0 Å². The molecule has 0 radical (unpaired) electrons. The number of ether oxygens (including phenoxy) is 2. The number of guanidine groups is 1. The Morgan fingerprint density at radius 1 is 1.15 bits per heavy atom. The van der Waals surface area contributed by atoms with Crippen LogP contribution in [0.1, 0.15) is 23.7 Å². The van der Waals surface area contributed by atoms with Gasteiger partial charge in [-0.15, -0.1) is 24.0 Å². The molecule has 0 bridgehead atoms. The molecule has 0 aliphatic carbocycles.